The lowest BCUT2D eigenvalue weighted by molar-refractivity contribution is -0.147. The Hall–Kier alpha value is -3.76. The summed E-state index contributed by atoms with van der Waals surface area (Å²) in [6, 6.07) is 19.8. The summed E-state index contributed by atoms with van der Waals surface area (Å²) in [6.07, 6.45) is 0.772. The lowest BCUT2D eigenvalue weighted by Gasteiger charge is -2.14. The van der Waals surface area contributed by atoms with E-state index in [0.717, 1.165) is 9.86 Å². The molecule has 1 atom stereocenters. The van der Waals surface area contributed by atoms with Crippen molar-refractivity contribution in [3.63, 3.8) is 0 Å². The van der Waals surface area contributed by atoms with Crippen molar-refractivity contribution in [2.45, 2.75) is 13.0 Å². The normalized spacial score (nSPS) is 12.3. The maximum absolute atomic E-state index is 13.4. The molecule has 3 aromatic carbocycles. The van der Waals surface area contributed by atoms with E-state index in [4.69, 9.17) is 18.9 Å². The first-order valence-corrected chi connectivity index (χ1v) is 12.7. The highest BCUT2D eigenvalue weighted by atomic mass is 79.9. The van der Waals surface area contributed by atoms with E-state index in [0.29, 0.717) is 38.0 Å². The Labute approximate surface area is 227 Å². The molecule has 0 spiro atoms. The molecule has 0 aliphatic rings. The maximum atomic E-state index is 13.4. The molecule has 5 aromatic rings. The van der Waals surface area contributed by atoms with Gasteiger partial charge in [-0.15, -0.1) is 0 Å². The number of esters is 1. The fourth-order valence-corrected chi connectivity index (χ4v) is 4.61. The van der Waals surface area contributed by atoms with Gasteiger partial charge in [0.1, 0.15) is 11.3 Å². The summed E-state index contributed by atoms with van der Waals surface area (Å²) in [6.45, 7) is 1.60. The van der Waals surface area contributed by atoms with Crippen LogP contribution in [-0.4, -0.2) is 35.1 Å². The molecule has 37 heavy (non-hydrogen) atoms. The Bertz CT molecular complexity index is 1740. The zero-order valence-corrected chi connectivity index (χ0v) is 22.8. The van der Waals surface area contributed by atoms with Crippen LogP contribution >= 0.6 is 31.9 Å². The molecule has 0 aliphatic heterocycles. The van der Waals surface area contributed by atoms with Crippen LogP contribution in [0.25, 0.3) is 33.5 Å². The quantitative estimate of drug-likeness (QED) is 0.166. The van der Waals surface area contributed by atoms with Gasteiger partial charge < -0.3 is 13.9 Å². The van der Waals surface area contributed by atoms with Crippen LogP contribution in [0.5, 0.6) is 5.75 Å². The van der Waals surface area contributed by atoms with Gasteiger partial charge in [0, 0.05) is 9.86 Å². The molecule has 0 amide bonds. The van der Waals surface area contributed by atoms with E-state index < -0.39 is 12.1 Å². The molecular formula is C27H19Br2N3O5. The Balaban J connectivity index is 1.56. The SMILES string of the molecule is COC(=O)[C@H](C)Oc1ccc(C=Nn2c(-c3cc4cc(Br)ccc4o3)nc3ccccc3c2=O)cc1Br. The Kier molecular flexibility index (Phi) is 6.94. The van der Waals surface area contributed by atoms with Gasteiger partial charge in [0.15, 0.2) is 11.9 Å². The maximum Gasteiger partial charge on any atom is 0.346 e. The van der Waals surface area contributed by atoms with Gasteiger partial charge in [-0.2, -0.15) is 9.78 Å². The predicted octanol–water partition coefficient (Wildman–Crippen LogP) is 6.16. The summed E-state index contributed by atoms with van der Waals surface area (Å²) in [5, 5.41) is 5.77. The van der Waals surface area contributed by atoms with Gasteiger partial charge in [0.05, 0.1) is 28.7 Å². The predicted molar refractivity (Wildman–Crippen MR) is 148 cm³/mol. The molecule has 0 fully saturated rings. The van der Waals surface area contributed by atoms with Gasteiger partial charge in [-0.25, -0.2) is 9.78 Å². The molecule has 8 nitrogen and oxygen atoms in total. The van der Waals surface area contributed by atoms with Crippen LogP contribution in [0.4, 0.5) is 0 Å². The van der Waals surface area contributed by atoms with E-state index in [1.54, 1.807) is 49.5 Å². The second-order valence-electron chi connectivity index (χ2n) is 8.08. The monoisotopic (exact) mass is 623 g/mol. The Morgan fingerprint density at radius 1 is 1.11 bits per heavy atom. The van der Waals surface area contributed by atoms with Gasteiger partial charge in [-0.1, -0.05) is 28.1 Å². The topological polar surface area (TPSA) is 95.9 Å². The number of carbonyl (C=O) groups excluding carboxylic acids is 1. The van der Waals surface area contributed by atoms with Crippen LogP contribution in [0, 0.1) is 0 Å². The average molecular weight is 625 g/mol. The Morgan fingerprint density at radius 3 is 2.70 bits per heavy atom. The fourth-order valence-electron chi connectivity index (χ4n) is 3.74. The van der Waals surface area contributed by atoms with Crippen LogP contribution in [0.1, 0.15) is 12.5 Å². The van der Waals surface area contributed by atoms with Crippen molar-refractivity contribution in [2.24, 2.45) is 5.10 Å². The number of furan rings is 1. The number of benzene rings is 3. The van der Waals surface area contributed by atoms with Gasteiger partial charge in [0.2, 0.25) is 5.82 Å². The minimum absolute atomic E-state index is 0.276. The average Bonchev–Trinajstić information content (AvgIpc) is 3.32. The largest absolute Gasteiger partial charge is 0.478 e. The molecule has 0 saturated heterocycles. The van der Waals surface area contributed by atoms with E-state index in [9.17, 15) is 9.59 Å². The lowest BCUT2D eigenvalue weighted by Crippen LogP contribution is -2.25. The van der Waals surface area contributed by atoms with Crippen LogP contribution < -0.4 is 10.3 Å². The fraction of sp³-hybridized carbons (Fsp3) is 0.111. The number of fused-ring (bicyclic) bond motifs is 2. The van der Waals surface area contributed by atoms with Crippen molar-refractivity contribution < 1.29 is 18.7 Å². The van der Waals surface area contributed by atoms with Gasteiger partial charge in [-0.05, 0) is 83.0 Å². The van der Waals surface area contributed by atoms with Crippen LogP contribution in [0.3, 0.4) is 0 Å². The van der Waals surface area contributed by atoms with E-state index in [1.807, 2.05) is 30.3 Å². The number of rotatable bonds is 6. The van der Waals surface area contributed by atoms with Crippen molar-refractivity contribution in [2.75, 3.05) is 7.11 Å². The first kappa shape index (κ1) is 24.9. The van der Waals surface area contributed by atoms with E-state index in [1.165, 1.54) is 11.8 Å². The van der Waals surface area contributed by atoms with Crippen LogP contribution in [0.15, 0.2) is 90.0 Å². The minimum atomic E-state index is -0.768. The molecule has 2 aromatic heterocycles. The summed E-state index contributed by atoms with van der Waals surface area (Å²) in [5.74, 6) is 0.674. The zero-order valence-electron chi connectivity index (χ0n) is 19.6. The standard InChI is InChI=1S/C27H19Br2N3O5/c1-15(27(34)35-2)36-23-9-7-16(11-20(23)29)14-30-32-25(31-21-6-4-3-5-19(21)26(32)33)24-13-17-12-18(28)8-10-22(17)37-24/h3-15H,1-2H3/t15-/m0/s1. The van der Waals surface area contributed by atoms with Gasteiger partial charge in [0.25, 0.3) is 5.56 Å². The third-order valence-corrected chi connectivity index (χ3v) is 6.68. The number of hydrogen-bond donors (Lipinski definition) is 0. The van der Waals surface area contributed by atoms with E-state index in [2.05, 4.69) is 37.0 Å². The highest BCUT2D eigenvalue weighted by Gasteiger charge is 2.18. The highest BCUT2D eigenvalue weighted by molar-refractivity contribution is 9.10. The van der Waals surface area contributed by atoms with E-state index >= 15 is 0 Å². The molecule has 10 heteroatoms. The van der Waals surface area contributed by atoms with E-state index in [-0.39, 0.29) is 11.4 Å². The number of ether oxygens (including phenoxy) is 2. The molecular weight excluding hydrogens is 606 g/mol. The first-order valence-electron chi connectivity index (χ1n) is 11.1. The van der Waals surface area contributed by atoms with Crippen molar-refractivity contribution >= 4 is 65.9 Å². The number of aromatic nitrogens is 2. The smallest absolute Gasteiger partial charge is 0.346 e. The molecule has 0 aliphatic carbocycles. The molecule has 0 radical (unpaired) electrons. The molecule has 0 bridgehead atoms. The van der Waals surface area contributed by atoms with Crippen molar-refractivity contribution in [3.8, 4) is 17.3 Å². The van der Waals surface area contributed by atoms with Crippen molar-refractivity contribution in [1.29, 1.82) is 0 Å². The summed E-state index contributed by atoms with van der Waals surface area (Å²) < 4.78 is 19.1. The second kappa shape index (κ2) is 10.3. The first-order chi connectivity index (χ1) is 17.8. The number of carbonyl (C=O) groups is 1. The van der Waals surface area contributed by atoms with Gasteiger partial charge in [-0.3, -0.25) is 4.79 Å². The number of nitrogens with zero attached hydrogens (tertiary/aromatic N) is 3. The number of hydrogen-bond acceptors (Lipinski definition) is 7. The molecule has 0 unspecified atom stereocenters. The molecule has 5 rings (SSSR count). The second-order valence-corrected chi connectivity index (χ2v) is 9.85. The summed E-state index contributed by atoms with van der Waals surface area (Å²) >= 11 is 6.93. The van der Waals surface area contributed by atoms with Crippen LogP contribution in [-0.2, 0) is 9.53 Å². The third kappa shape index (κ3) is 5.07. The number of para-hydroxylation sites is 1. The number of halogens is 2. The summed E-state index contributed by atoms with van der Waals surface area (Å²) in [5.41, 5.74) is 1.56. The summed E-state index contributed by atoms with van der Waals surface area (Å²) in [7, 11) is 1.30. The molecule has 0 N–H and O–H groups in total. The summed E-state index contributed by atoms with van der Waals surface area (Å²) in [4.78, 5) is 29.8. The lowest BCUT2D eigenvalue weighted by atomic mass is 10.2. The third-order valence-electron chi connectivity index (χ3n) is 5.57. The molecule has 186 valence electrons. The highest BCUT2D eigenvalue weighted by Crippen LogP contribution is 2.30. The molecule has 0 saturated carbocycles. The van der Waals surface area contributed by atoms with Crippen LogP contribution in [0.2, 0.25) is 0 Å². The minimum Gasteiger partial charge on any atom is -0.478 e. The Morgan fingerprint density at radius 2 is 1.92 bits per heavy atom. The van der Waals surface area contributed by atoms with Gasteiger partial charge >= 0.3 is 5.97 Å². The number of methoxy groups -OCH3 is 1. The van der Waals surface area contributed by atoms with Crippen molar-refractivity contribution in [1.82, 2.24) is 9.66 Å². The zero-order chi connectivity index (χ0) is 26.1. The van der Waals surface area contributed by atoms with Crippen molar-refractivity contribution in [3.05, 3.63) is 91.6 Å². The molecule has 2 heterocycles.